The summed E-state index contributed by atoms with van der Waals surface area (Å²) in [4.78, 5) is 24.3. The maximum absolute atomic E-state index is 11.5. The lowest BCUT2D eigenvalue weighted by molar-refractivity contribution is -0.384. The van der Waals surface area contributed by atoms with Crippen LogP contribution in [0.5, 0.6) is 0 Å². The fourth-order valence-corrected chi connectivity index (χ4v) is 2.99. The number of piperidine rings is 1. The van der Waals surface area contributed by atoms with Crippen molar-refractivity contribution in [2.45, 2.75) is 18.9 Å². The number of nitrogens with zero attached hydrogens (tertiary/aromatic N) is 5. The Balaban J connectivity index is 1.84. The maximum Gasteiger partial charge on any atom is 0.360 e. The third-order valence-corrected chi connectivity index (χ3v) is 4.21. The summed E-state index contributed by atoms with van der Waals surface area (Å²) in [5, 5.41) is 19.1. The van der Waals surface area contributed by atoms with Gasteiger partial charge < -0.3 is 15.4 Å². The molecule has 0 amide bonds. The molecule has 1 aliphatic heterocycles. The number of nitro groups is 1. The Bertz CT molecular complexity index is 805. The van der Waals surface area contributed by atoms with Crippen LogP contribution in [0.1, 0.15) is 29.4 Å². The molecular formula is C15H18N6O4. The zero-order valence-corrected chi connectivity index (χ0v) is 13.7. The smallest absolute Gasteiger partial charge is 0.360 e. The summed E-state index contributed by atoms with van der Waals surface area (Å²) < 4.78 is 6.24. The molecule has 2 heterocycles. The van der Waals surface area contributed by atoms with Gasteiger partial charge in [0.2, 0.25) is 0 Å². The number of benzene rings is 1. The Labute approximate surface area is 143 Å². The average molecular weight is 346 g/mol. The van der Waals surface area contributed by atoms with Gasteiger partial charge in [-0.25, -0.2) is 9.48 Å². The average Bonchev–Trinajstić information content (AvgIpc) is 3.11. The number of nitrogen functional groups attached to an aromatic ring is 1. The molecule has 10 heteroatoms. The van der Waals surface area contributed by atoms with Crippen LogP contribution in [0.3, 0.4) is 0 Å². The Morgan fingerprint density at radius 1 is 1.48 bits per heavy atom. The van der Waals surface area contributed by atoms with Crippen molar-refractivity contribution in [2.24, 2.45) is 0 Å². The number of ether oxygens (including phenoxy) is 1. The first kappa shape index (κ1) is 16.7. The van der Waals surface area contributed by atoms with E-state index >= 15 is 0 Å². The van der Waals surface area contributed by atoms with Gasteiger partial charge in [-0.15, -0.1) is 5.10 Å². The van der Waals surface area contributed by atoms with Gasteiger partial charge in [-0.2, -0.15) is 0 Å². The van der Waals surface area contributed by atoms with Crippen molar-refractivity contribution in [3.8, 4) is 0 Å². The Morgan fingerprint density at radius 3 is 3.00 bits per heavy atom. The van der Waals surface area contributed by atoms with Crippen LogP contribution in [0.15, 0.2) is 24.4 Å². The lowest BCUT2D eigenvalue weighted by Gasteiger charge is -2.33. The van der Waals surface area contributed by atoms with Crippen LogP contribution >= 0.6 is 0 Å². The summed E-state index contributed by atoms with van der Waals surface area (Å²) in [5.41, 5.74) is 6.91. The number of nitrogens with two attached hydrogens (primary N) is 1. The van der Waals surface area contributed by atoms with Gasteiger partial charge in [0, 0.05) is 24.8 Å². The minimum absolute atomic E-state index is 0.0173. The van der Waals surface area contributed by atoms with Crippen LogP contribution in [0.4, 0.5) is 17.1 Å². The highest BCUT2D eigenvalue weighted by Gasteiger charge is 2.27. The molecule has 0 spiro atoms. The number of esters is 1. The summed E-state index contributed by atoms with van der Waals surface area (Å²) in [7, 11) is 1.28. The topological polar surface area (TPSA) is 129 Å². The molecule has 1 aromatic heterocycles. The van der Waals surface area contributed by atoms with E-state index in [0.29, 0.717) is 24.5 Å². The zero-order chi connectivity index (χ0) is 18.0. The molecule has 1 saturated heterocycles. The third-order valence-electron chi connectivity index (χ3n) is 4.21. The molecule has 0 bridgehead atoms. The molecule has 1 fully saturated rings. The predicted molar refractivity (Wildman–Crippen MR) is 89.4 cm³/mol. The first-order valence-corrected chi connectivity index (χ1v) is 7.78. The summed E-state index contributed by atoms with van der Waals surface area (Å²) >= 11 is 0. The lowest BCUT2D eigenvalue weighted by Crippen LogP contribution is -2.37. The highest BCUT2D eigenvalue weighted by Crippen LogP contribution is 2.34. The standard InChI is InChI=1S/C15H18N6O4/c1-25-15(22)12-9-20(18-17-12)11-3-2-6-19(8-11)14-7-10(16)4-5-13(14)21(23)24/h4-5,7,9,11H,2-3,6,8,16H2,1H3/t11-/m0/s1. The highest BCUT2D eigenvalue weighted by atomic mass is 16.6. The van der Waals surface area contributed by atoms with E-state index < -0.39 is 10.9 Å². The summed E-state index contributed by atoms with van der Waals surface area (Å²) in [5.74, 6) is -0.551. The minimum Gasteiger partial charge on any atom is -0.464 e. The predicted octanol–water partition coefficient (Wildman–Crippen LogP) is 1.40. The van der Waals surface area contributed by atoms with Crippen molar-refractivity contribution in [1.82, 2.24) is 15.0 Å². The van der Waals surface area contributed by atoms with Crippen molar-refractivity contribution in [3.05, 3.63) is 40.2 Å². The number of rotatable bonds is 4. The van der Waals surface area contributed by atoms with Crippen molar-refractivity contribution >= 4 is 23.0 Å². The molecule has 0 radical (unpaired) electrons. The Hall–Kier alpha value is -3.17. The van der Waals surface area contributed by atoms with Crippen molar-refractivity contribution < 1.29 is 14.5 Å². The zero-order valence-electron chi connectivity index (χ0n) is 13.7. The number of anilines is 2. The molecule has 3 rings (SSSR count). The van der Waals surface area contributed by atoms with Crippen LogP contribution < -0.4 is 10.6 Å². The van der Waals surface area contributed by atoms with Crippen molar-refractivity contribution in [1.29, 1.82) is 0 Å². The van der Waals surface area contributed by atoms with Gasteiger partial charge in [0.05, 0.1) is 24.3 Å². The number of nitro benzene ring substituents is 1. The largest absolute Gasteiger partial charge is 0.464 e. The molecule has 2 N–H and O–H groups in total. The van der Waals surface area contributed by atoms with E-state index in [1.165, 1.54) is 25.4 Å². The van der Waals surface area contributed by atoms with E-state index in [-0.39, 0.29) is 17.4 Å². The monoisotopic (exact) mass is 346 g/mol. The number of methoxy groups -OCH3 is 1. The van der Waals surface area contributed by atoms with Crippen LogP contribution in [-0.4, -0.2) is 46.1 Å². The Kier molecular flexibility index (Phi) is 4.50. The minimum atomic E-state index is -0.551. The number of carbonyl (C=O) groups is 1. The van der Waals surface area contributed by atoms with Crippen LogP contribution in [-0.2, 0) is 4.74 Å². The van der Waals surface area contributed by atoms with E-state index in [9.17, 15) is 14.9 Å². The van der Waals surface area contributed by atoms with Gasteiger partial charge in [0.25, 0.3) is 5.69 Å². The van der Waals surface area contributed by atoms with Crippen molar-refractivity contribution in [2.75, 3.05) is 30.8 Å². The van der Waals surface area contributed by atoms with Gasteiger partial charge in [-0.3, -0.25) is 10.1 Å². The van der Waals surface area contributed by atoms with Gasteiger partial charge >= 0.3 is 5.97 Å². The number of aromatic nitrogens is 3. The first-order chi connectivity index (χ1) is 12.0. The molecular weight excluding hydrogens is 328 g/mol. The van der Waals surface area contributed by atoms with Gasteiger partial charge in [0.15, 0.2) is 5.69 Å². The Morgan fingerprint density at radius 2 is 2.28 bits per heavy atom. The third kappa shape index (κ3) is 3.37. The number of hydrogen-bond donors (Lipinski definition) is 1. The van der Waals surface area contributed by atoms with Gasteiger partial charge in [-0.1, -0.05) is 5.21 Å². The molecule has 10 nitrogen and oxygen atoms in total. The molecule has 2 aromatic rings. The number of hydrogen-bond acceptors (Lipinski definition) is 8. The SMILES string of the molecule is COC(=O)c1cn([C@H]2CCCN(c3cc(N)ccc3[N+](=O)[O-])C2)nn1. The molecule has 0 aliphatic carbocycles. The second-order valence-corrected chi connectivity index (χ2v) is 5.82. The molecule has 0 saturated carbocycles. The lowest BCUT2D eigenvalue weighted by atomic mass is 10.0. The maximum atomic E-state index is 11.5. The van der Waals surface area contributed by atoms with E-state index in [4.69, 9.17) is 5.73 Å². The summed E-state index contributed by atoms with van der Waals surface area (Å²) in [6.45, 7) is 1.19. The molecule has 1 atom stereocenters. The van der Waals surface area contributed by atoms with Crippen LogP contribution in [0, 0.1) is 10.1 Å². The second-order valence-electron chi connectivity index (χ2n) is 5.82. The van der Waals surface area contributed by atoms with Crippen molar-refractivity contribution in [3.63, 3.8) is 0 Å². The first-order valence-electron chi connectivity index (χ1n) is 7.78. The van der Waals surface area contributed by atoms with E-state index in [1.807, 2.05) is 4.90 Å². The van der Waals surface area contributed by atoms with E-state index in [0.717, 1.165) is 12.8 Å². The van der Waals surface area contributed by atoms with Crippen LogP contribution in [0.2, 0.25) is 0 Å². The normalized spacial score (nSPS) is 17.3. The molecule has 1 aliphatic rings. The van der Waals surface area contributed by atoms with E-state index in [1.54, 1.807) is 10.7 Å². The van der Waals surface area contributed by atoms with E-state index in [2.05, 4.69) is 15.0 Å². The fraction of sp³-hybridized carbons (Fsp3) is 0.400. The molecule has 1 aromatic carbocycles. The number of carbonyl (C=O) groups excluding carboxylic acids is 1. The molecule has 25 heavy (non-hydrogen) atoms. The summed E-state index contributed by atoms with van der Waals surface area (Å²) in [6.07, 6.45) is 3.19. The quantitative estimate of drug-likeness (QED) is 0.380. The summed E-state index contributed by atoms with van der Waals surface area (Å²) in [6, 6.07) is 4.49. The highest BCUT2D eigenvalue weighted by molar-refractivity contribution is 5.86. The van der Waals surface area contributed by atoms with Crippen LogP contribution in [0.25, 0.3) is 0 Å². The second kappa shape index (κ2) is 6.75. The van der Waals surface area contributed by atoms with Gasteiger partial charge in [-0.05, 0) is 25.0 Å². The van der Waals surface area contributed by atoms with Gasteiger partial charge in [0.1, 0.15) is 5.69 Å². The molecule has 132 valence electrons. The molecule has 0 unspecified atom stereocenters. The fourth-order valence-electron chi connectivity index (χ4n) is 2.99.